The highest BCUT2D eigenvalue weighted by Gasteiger charge is 2.22. The molecule has 3 aromatic carbocycles. The number of rotatable bonds is 8. The van der Waals surface area contributed by atoms with Gasteiger partial charge in [-0.1, -0.05) is 54.1 Å². The third-order valence-electron chi connectivity index (χ3n) is 5.20. The number of ether oxygens (including phenoxy) is 2. The molecule has 1 atom stereocenters. The molecule has 0 aliphatic heterocycles. The van der Waals surface area contributed by atoms with Crippen LogP contribution in [0.15, 0.2) is 75.0 Å². The number of nitrogens with zero attached hydrogens (tertiary/aromatic N) is 3. The Morgan fingerprint density at radius 1 is 1.22 bits per heavy atom. The molecule has 0 saturated carbocycles. The highest BCUT2D eigenvalue weighted by Crippen LogP contribution is 2.42. The molecule has 4 aromatic rings. The number of benzene rings is 3. The summed E-state index contributed by atoms with van der Waals surface area (Å²) in [7, 11) is 0. The molecular formula is C26H21BrClN3O5. The van der Waals surface area contributed by atoms with Gasteiger partial charge in [-0.25, -0.2) is 9.78 Å². The van der Waals surface area contributed by atoms with Crippen LogP contribution in [-0.2, 0) is 4.79 Å². The van der Waals surface area contributed by atoms with Gasteiger partial charge < -0.3 is 14.6 Å². The van der Waals surface area contributed by atoms with Gasteiger partial charge >= 0.3 is 5.97 Å². The van der Waals surface area contributed by atoms with Gasteiger partial charge in [-0.2, -0.15) is 9.78 Å². The molecule has 0 spiro atoms. The third kappa shape index (κ3) is 5.12. The van der Waals surface area contributed by atoms with Crippen molar-refractivity contribution in [3.05, 3.63) is 86.1 Å². The standard InChI is InChI=1S/C26H21BrClN3O5/c1-3-35-20-13-17(21(27)22(28)23(20)36-15(2)26(33)34)14-29-31-24(16-9-5-4-6-10-16)30-19-12-8-7-11-18(19)25(31)32/h4-15H,3H2,1-2H3,(H,33,34)/t15-/m0/s1. The second kappa shape index (κ2) is 10.9. The first-order chi connectivity index (χ1) is 17.3. The van der Waals surface area contributed by atoms with Gasteiger partial charge in [0.25, 0.3) is 5.56 Å². The monoisotopic (exact) mass is 569 g/mol. The lowest BCUT2D eigenvalue weighted by atomic mass is 10.2. The molecule has 10 heteroatoms. The van der Waals surface area contributed by atoms with E-state index in [9.17, 15) is 14.7 Å². The lowest BCUT2D eigenvalue weighted by Crippen LogP contribution is -2.23. The number of carbonyl (C=O) groups is 1. The van der Waals surface area contributed by atoms with Crippen LogP contribution >= 0.6 is 27.5 Å². The van der Waals surface area contributed by atoms with Crippen molar-refractivity contribution in [1.82, 2.24) is 9.66 Å². The van der Waals surface area contributed by atoms with Crippen molar-refractivity contribution in [1.29, 1.82) is 0 Å². The van der Waals surface area contributed by atoms with Crippen LogP contribution in [0.25, 0.3) is 22.3 Å². The molecule has 0 saturated heterocycles. The van der Waals surface area contributed by atoms with Gasteiger partial charge in [-0.15, -0.1) is 0 Å². The predicted molar refractivity (Wildman–Crippen MR) is 142 cm³/mol. The zero-order valence-corrected chi connectivity index (χ0v) is 21.7. The van der Waals surface area contributed by atoms with Crippen molar-refractivity contribution in [2.75, 3.05) is 6.61 Å². The molecule has 0 aliphatic carbocycles. The van der Waals surface area contributed by atoms with Crippen molar-refractivity contribution >= 4 is 50.6 Å². The Morgan fingerprint density at radius 2 is 1.92 bits per heavy atom. The van der Waals surface area contributed by atoms with Crippen molar-refractivity contribution in [3.8, 4) is 22.9 Å². The van der Waals surface area contributed by atoms with Crippen LogP contribution in [0, 0.1) is 0 Å². The first kappa shape index (κ1) is 25.4. The van der Waals surface area contributed by atoms with E-state index in [0.717, 1.165) is 5.56 Å². The van der Waals surface area contributed by atoms with Crippen LogP contribution < -0.4 is 15.0 Å². The third-order valence-corrected chi connectivity index (χ3v) is 6.64. The van der Waals surface area contributed by atoms with E-state index in [1.807, 2.05) is 36.4 Å². The summed E-state index contributed by atoms with van der Waals surface area (Å²) < 4.78 is 12.8. The van der Waals surface area contributed by atoms with Crippen molar-refractivity contribution < 1.29 is 19.4 Å². The van der Waals surface area contributed by atoms with Gasteiger partial charge in [0.1, 0.15) is 5.02 Å². The summed E-state index contributed by atoms with van der Waals surface area (Å²) in [5.41, 5.74) is 1.43. The molecule has 36 heavy (non-hydrogen) atoms. The fraction of sp³-hybridized carbons (Fsp3) is 0.154. The van der Waals surface area contributed by atoms with Gasteiger partial charge in [-0.3, -0.25) is 4.79 Å². The van der Waals surface area contributed by atoms with Gasteiger partial charge in [0.15, 0.2) is 23.4 Å². The lowest BCUT2D eigenvalue weighted by molar-refractivity contribution is -0.144. The number of hydrogen-bond acceptors (Lipinski definition) is 6. The van der Waals surface area contributed by atoms with Crippen LogP contribution in [0.5, 0.6) is 11.5 Å². The number of hydrogen-bond donors (Lipinski definition) is 1. The number of carboxylic acid groups (broad SMARTS) is 1. The Bertz CT molecular complexity index is 1520. The summed E-state index contributed by atoms with van der Waals surface area (Å²) in [6.45, 7) is 3.46. The molecule has 0 unspecified atom stereocenters. The topological polar surface area (TPSA) is 103 Å². The average molecular weight is 571 g/mol. The quantitative estimate of drug-likeness (QED) is 0.276. The minimum atomic E-state index is -1.15. The zero-order valence-electron chi connectivity index (χ0n) is 19.3. The summed E-state index contributed by atoms with van der Waals surface area (Å²) in [5.74, 6) is -0.440. The van der Waals surface area contributed by atoms with Crippen LogP contribution in [0.1, 0.15) is 19.4 Å². The zero-order chi connectivity index (χ0) is 25.8. The molecule has 1 heterocycles. The largest absolute Gasteiger partial charge is 0.490 e. The fourth-order valence-electron chi connectivity index (χ4n) is 3.42. The minimum absolute atomic E-state index is 0.0898. The first-order valence-electron chi connectivity index (χ1n) is 11.0. The van der Waals surface area contributed by atoms with E-state index in [-0.39, 0.29) is 22.1 Å². The van der Waals surface area contributed by atoms with Gasteiger partial charge in [0.05, 0.1) is 23.7 Å². The summed E-state index contributed by atoms with van der Waals surface area (Å²) >= 11 is 9.95. The molecule has 1 aromatic heterocycles. The van der Waals surface area contributed by atoms with E-state index in [1.165, 1.54) is 17.8 Å². The first-order valence-corrected chi connectivity index (χ1v) is 12.1. The van der Waals surface area contributed by atoms with E-state index in [1.54, 1.807) is 31.2 Å². The molecule has 8 nitrogen and oxygen atoms in total. The summed E-state index contributed by atoms with van der Waals surface area (Å²) in [4.78, 5) is 29.3. The Kier molecular flexibility index (Phi) is 7.71. The van der Waals surface area contributed by atoms with E-state index in [0.29, 0.717) is 33.4 Å². The maximum Gasteiger partial charge on any atom is 0.344 e. The second-order valence-corrected chi connectivity index (χ2v) is 8.80. The summed E-state index contributed by atoms with van der Waals surface area (Å²) in [6.07, 6.45) is 0.302. The van der Waals surface area contributed by atoms with Gasteiger partial charge in [-0.05, 0) is 48.0 Å². The molecule has 1 N–H and O–H groups in total. The number of aromatic nitrogens is 2. The highest BCUT2D eigenvalue weighted by molar-refractivity contribution is 9.10. The van der Waals surface area contributed by atoms with Gasteiger partial charge in [0.2, 0.25) is 0 Å². The number of aliphatic carboxylic acids is 1. The molecule has 0 amide bonds. The van der Waals surface area contributed by atoms with E-state index in [4.69, 9.17) is 21.1 Å². The SMILES string of the molecule is CCOc1cc(C=Nn2c(-c3ccccc3)nc3ccccc3c2=O)c(Br)c(Cl)c1O[C@@H](C)C(=O)O. The number of halogens is 2. The lowest BCUT2D eigenvalue weighted by Gasteiger charge is -2.18. The Labute approximate surface area is 219 Å². The summed E-state index contributed by atoms with van der Waals surface area (Å²) in [6, 6.07) is 17.9. The molecule has 0 fully saturated rings. The van der Waals surface area contributed by atoms with E-state index < -0.39 is 12.1 Å². The van der Waals surface area contributed by atoms with Crippen molar-refractivity contribution in [2.45, 2.75) is 20.0 Å². The van der Waals surface area contributed by atoms with Crippen LogP contribution in [-0.4, -0.2) is 39.7 Å². The van der Waals surface area contributed by atoms with Crippen LogP contribution in [0.3, 0.4) is 0 Å². The van der Waals surface area contributed by atoms with Crippen molar-refractivity contribution in [2.24, 2.45) is 5.10 Å². The summed E-state index contributed by atoms with van der Waals surface area (Å²) in [5, 5.41) is 14.2. The molecule has 4 rings (SSSR count). The van der Waals surface area contributed by atoms with E-state index in [2.05, 4.69) is 26.0 Å². The van der Waals surface area contributed by atoms with Crippen LogP contribution in [0.4, 0.5) is 0 Å². The molecule has 0 bridgehead atoms. The Balaban J connectivity index is 1.86. The Morgan fingerprint density at radius 3 is 2.61 bits per heavy atom. The van der Waals surface area contributed by atoms with Gasteiger partial charge in [0, 0.05) is 15.6 Å². The molecule has 184 valence electrons. The molecule has 0 aliphatic rings. The highest BCUT2D eigenvalue weighted by atomic mass is 79.9. The maximum absolute atomic E-state index is 13.4. The number of fused-ring (bicyclic) bond motifs is 1. The maximum atomic E-state index is 13.4. The predicted octanol–water partition coefficient (Wildman–Crippen LogP) is 5.61. The number of carboxylic acids is 1. The second-order valence-electron chi connectivity index (χ2n) is 7.63. The smallest absolute Gasteiger partial charge is 0.344 e. The van der Waals surface area contributed by atoms with Crippen LogP contribution in [0.2, 0.25) is 5.02 Å². The molecular weight excluding hydrogens is 550 g/mol. The molecule has 0 radical (unpaired) electrons. The minimum Gasteiger partial charge on any atom is -0.490 e. The Hall–Kier alpha value is -3.69. The fourth-order valence-corrected chi connectivity index (χ4v) is 4.07. The average Bonchev–Trinajstić information content (AvgIpc) is 2.88. The normalized spacial score (nSPS) is 12.1. The van der Waals surface area contributed by atoms with E-state index >= 15 is 0 Å². The number of para-hydroxylation sites is 1. The van der Waals surface area contributed by atoms with Crippen molar-refractivity contribution in [3.63, 3.8) is 0 Å².